The Bertz CT molecular complexity index is 1180. The van der Waals surface area contributed by atoms with Crippen LogP contribution in [-0.2, 0) is 6.42 Å². The summed E-state index contributed by atoms with van der Waals surface area (Å²) >= 11 is 0. The van der Waals surface area contributed by atoms with Gasteiger partial charge in [-0.25, -0.2) is 4.98 Å². The van der Waals surface area contributed by atoms with Crippen molar-refractivity contribution in [3.63, 3.8) is 0 Å². The van der Waals surface area contributed by atoms with Gasteiger partial charge in [0.05, 0.1) is 16.6 Å². The predicted molar refractivity (Wildman–Crippen MR) is 116 cm³/mol. The zero-order valence-corrected chi connectivity index (χ0v) is 16.4. The number of fused-ring (bicyclic) bond motifs is 1. The van der Waals surface area contributed by atoms with Crippen molar-refractivity contribution in [2.45, 2.75) is 13.3 Å². The molecule has 0 saturated heterocycles. The third-order valence-electron chi connectivity index (χ3n) is 4.99. The highest BCUT2D eigenvalue weighted by molar-refractivity contribution is 5.94. The third-order valence-corrected chi connectivity index (χ3v) is 4.99. The van der Waals surface area contributed by atoms with E-state index < -0.39 is 0 Å². The summed E-state index contributed by atoms with van der Waals surface area (Å²) in [6.45, 7) is 2.02. The molecule has 4 aromatic rings. The molecular weight excluding hydrogens is 346 g/mol. The van der Waals surface area contributed by atoms with Crippen molar-refractivity contribution < 1.29 is 0 Å². The molecule has 4 heteroatoms. The Balaban J connectivity index is 2.00. The number of aromatic nitrogens is 2. The second-order valence-corrected chi connectivity index (χ2v) is 7.00. The Kier molecular flexibility index (Phi) is 4.70. The molecule has 1 aromatic heterocycles. The standard InChI is InChI=1S/C24H23N3O/c1-4-22-25-21-12-8-11-20(17-13-15-18(16-14-17)26(2)3)23(21)24(28)27(22)19-9-6-5-7-10-19/h5-16H,4H2,1-3H3. The van der Waals surface area contributed by atoms with Crippen LogP contribution in [0.5, 0.6) is 0 Å². The third kappa shape index (κ3) is 3.07. The number of anilines is 1. The van der Waals surface area contributed by atoms with Crippen molar-refractivity contribution in [2.24, 2.45) is 0 Å². The van der Waals surface area contributed by atoms with Crippen LogP contribution >= 0.6 is 0 Å². The molecule has 0 bridgehead atoms. The van der Waals surface area contributed by atoms with Crippen LogP contribution in [0.2, 0.25) is 0 Å². The van der Waals surface area contributed by atoms with E-state index in [0.717, 1.165) is 33.8 Å². The summed E-state index contributed by atoms with van der Waals surface area (Å²) < 4.78 is 1.74. The summed E-state index contributed by atoms with van der Waals surface area (Å²) in [4.78, 5) is 20.5. The fourth-order valence-corrected chi connectivity index (χ4v) is 3.54. The first-order valence-corrected chi connectivity index (χ1v) is 9.48. The highest BCUT2D eigenvalue weighted by Crippen LogP contribution is 2.28. The van der Waals surface area contributed by atoms with Crippen LogP contribution in [0.3, 0.4) is 0 Å². The quantitative estimate of drug-likeness (QED) is 0.524. The lowest BCUT2D eigenvalue weighted by atomic mass is 10.0. The summed E-state index contributed by atoms with van der Waals surface area (Å²) in [5.74, 6) is 0.767. The molecule has 0 radical (unpaired) electrons. The number of nitrogens with zero attached hydrogens (tertiary/aromatic N) is 3. The normalized spacial score (nSPS) is 11.0. The maximum absolute atomic E-state index is 13.6. The van der Waals surface area contributed by atoms with E-state index in [1.807, 2.05) is 69.6 Å². The molecule has 0 N–H and O–H groups in total. The molecule has 140 valence electrons. The molecule has 0 unspecified atom stereocenters. The van der Waals surface area contributed by atoms with Crippen LogP contribution in [0.1, 0.15) is 12.7 Å². The van der Waals surface area contributed by atoms with E-state index in [9.17, 15) is 4.79 Å². The highest BCUT2D eigenvalue weighted by atomic mass is 16.1. The van der Waals surface area contributed by atoms with Gasteiger partial charge < -0.3 is 4.90 Å². The number of benzene rings is 3. The molecule has 0 aliphatic carbocycles. The second kappa shape index (κ2) is 7.31. The average molecular weight is 369 g/mol. The van der Waals surface area contributed by atoms with Crippen LogP contribution in [0.15, 0.2) is 77.6 Å². The molecule has 28 heavy (non-hydrogen) atoms. The van der Waals surface area contributed by atoms with Gasteiger partial charge in [-0.15, -0.1) is 0 Å². The number of hydrogen-bond donors (Lipinski definition) is 0. The van der Waals surface area contributed by atoms with E-state index in [0.29, 0.717) is 11.8 Å². The maximum atomic E-state index is 13.6. The van der Waals surface area contributed by atoms with Crippen LogP contribution in [0, 0.1) is 0 Å². The summed E-state index contributed by atoms with van der Waals surface area (Å²) in [5, 5.41) is 0.654. The van der Waals surface area contributed by atoms with E-state index in [2.05, 4.69) is 29.2 Å². The summed E-state index contributed by atoms with van der Waals surface area (Å²) in [5.41, 5.74) is 4.60. The van der Waals surface area contributed by atoms with E-state index in [1.165, 1.54) is 0 Å². The predicted octanol–water partition coefficient (Wildman–Crippen LogP) is 4.68. The molecule has 0 saturated carbocycles. The Labute approximate surface area is 164 Å². The van der Waals surface area contributed by atoms with Gasteiger partial charge in [0, 0.05) is 26.2 Å². The van der Waals surface area contributed by atoms with Crippen molar-refractivity contribution >= 4 is 16.6 Å². The van der Waals surface area contributed by atoms with Gasteiger partial charge in [-0.2, -0.15) is 0 Å². The highest BCUT2D eigenvalue weighted by Gasteiger charge is 2.15. The minimum atomic E-state index is -0.0275. The molecule has 0 aliphatic heterocycles. The van der Waals surface area contributed by atoms with Crippen molar-refractivity contribution in [2.75, 3.05) is 19.0 Å². The maximum Gasteiger partial charge on any atom is 0.266 e. The smallest absolute Gasteiger partial charge is 0.266 e. The van der Waals surface area contributed by atoms with Gasteiger partial charge in [0.15, 0.2) is 0 Å². The molecule has 3 aromatic carbocycles. The van der Waals surface area contributed by atoms with Gasteiger partial charge in [0.1, 0.15) is 5.82 Å². The Morgan fingerprint density at radius 1 is 0.893 bits per heavy atom. The number of aryl methyl sites for hydroxylation is 1. The SMILES string of the molecule is CCc1nc2cccc(-c3ccc(N(C)C)cc3)c2c(=O)n1-c1ccccc1. The first-order chi connectivity index (χ1) is 13.6. The van der Waals surface area contributed by atoms with Gasteiger partial charge in [0.2, 0.25) is 0 Å². The van der Waals surface area contributed by atoms with Crippen molar-refractivity contribution in [3.05, 3.63) is 89.0 Å². The summed E-state index contributed by atoms with van der Waals surface area (Å²) in [6.07, 6.45) is 0.682. The van der Waals surface area contributed by atoms with Gasteiger partial charge >= 0.3 is 0 Å². The Morgan fingerprint density at radius 2 is 1.61 bits per heavy atom. The van der Waals surface area contributed by atoms with E-state index in [1.54, 1.807) is 4.57 Å². The minimum Gasteiger partial charge on any atom is -0.378 e. The monoisotopic (exact) mass is 369 g/mol. The van der Waals surface area contributed by atoms with Crippen molar-refractivity contribution in [3.8, 4) is 16.8 Å². The zero-order chi connectivity index (χ0) is 19.7. The first-order valence-electron chi connectivity index (χ1n) is 9.48. The lowest BCUT2D eigenvalue weighted by molar-refractivity contribution is 0.833. The number of rotatable bonds is 4. The van der Waals surface area contributed by atoms with Gasteiger partial charge in [-0.05, 0) is 41.5 Å². The summed E-state index contributed by atoms with van der Waals surface area (Å²) in [6, 6.07) is 23.9. The fraction of sp³-hybridized carbons (Fsp3) is 0.167. The molecule has 0 spiro atoms. The van der Waals surface area contributed by atoms with E-state index >= 15 is 0 Å². The molecule has 1 heterocycles. The molecular formula is C24H23N3O. The average Bonchev–Trinajstić information content (AvgIpc) is 2.73. The van der Waals surface area contributed by atoms with Crippen LogP contribution in [0.4, 0.5) is 5.69 Å². The molecule has 4 nitrogen and oxygen atoms in total. The van der Waals surface area contributed by atoms with Crippen molar-refractivity contribution in [1.29, 1.82) is 0 Å². The molecule has 4 rings (SSSR count). The van der Waals surface area contributed by atoms with Crippen LogP contribution in [0.25, 0.3) is 27.7 Å². The molecule has 0 atom stereocenters. The Morgan fingerprint density at radius 3 is 2.25 bits per heavy atom. The first kappa shape index (κ1) is 18.0. The van der Waals surface area contributed by atoms with E-state index in [4.69, 9.17) is 4.98 Å². The fourth-order valence-electron chi connectivity index (χ4n) is 3.54. The van der Waals surface area contributed by atoms with Crippen molar-refractivity contribution in [1.82, 2.24) is 9.55 Å². The minimum absolute atomic E-state index is 0.0275. The van der Waals surface area contributed by atoms with E-state index in [-0.39, 0.29) is 5.56 Å². The van der Waals surface area contributed by atoms with Gasteiger partial charge in [-0.3, -0.25) is 9.36 Å². The lowest BCUT2D eigenvalue weighted by Gasteiger charge is -2.15. The Hall–Kier alpha value is -3.40. The second-order valence-electron chi connectivity index (χ2n) is 7.00. The van der Waals surface area contributed by atoms with Gasteiger partial charge in [-0.1, -0.05) is 49.4 Å². The zero-order valence-electron chi connectivity index (χ0n) is 16.4. The van der Waals surface area contributed by atoms with Gasteiger partial charge in [0.25, 0.3) is 5.56 Å². The van der Waals surface area contributed by atoms with Crippen LogP contribution in [-0.4, -0.2) is 23.6 Å². The summed E-state index contributed by atoms with van der Waals surface area (Å²) in [7, 11) is 4.03. The molecule has 0 fully saturated rings. The molecule has 0 amide bonds. The number of hydrogen-bond acceptors (Lipinski definition) is 3. The van der Waals surface area contributed by atoms with Crippen LogP contribution < -0.4 is 10.5 Å². The topological polar surface area (TPSA) is 38.1 Å². The largest absolute Gasteiger partial charge is 0.378 e. The lowest BCUT2D eigenvalue weighted by Crippen LogP contribution is -2.24. The number of para-hydroxylation sites is 1. The molecule has 0 aliphatic rings.